The van der Waals surface area contributed by atoms with Gasteiger partial charge >= 0.3 is 0 Å². The Hall–Kier alpha value is -1.92. The fourth-order valence-corrected chi connectivity index (χ4v) is 3.11. The second-order valence-corrected chi connectivity index (χ2v) is 6.74. The summed E-state index contributed by atoms with van der Waals surface area (Å²) in [5.74, 6) is 1.34. The van der Waals surface area contributed by atoms with E-state index in [2.05, 4.69) is 15.1 Å². The Bertz CT molecular complexity index is 746. The first-order chi connectivity index (χ1) is 12.1. The lowest BCUT2D eigenvalue weighted by molar-refractivity contribution is 0.0760. The highest BCUT2D eigenvalue weighted by atomic mass is 35.5. The first-order valence-electron chi connectivity index (χ1n) is 8.66. The smallest absolute Gasteiger partial charge is 0.253 e. The summed E-state index contributed by atoms with van der Waals surface area (Å²) in [5.41, 5.74) is 1.62. The van der Waals surface area contributed by atoms with E-state index in [0.717, 1.165) is 38.0 Å². The summed E-state index contributed by atoms with van der Waals surface area (Å²) < 4.78 is 5.59. The normalized spacial score (nSPS) is 16.0. The van der Waals surface area contributed by atoms with Gasteiger partial charge in [0.2, 0.25) is 11.8 Å². The lowest BCUT2D eigenvalue weighted by Gasteiger charge is -2.21. The Labute approximate surface area is 152 Å². The number of carbonyl (C=O) groups is 1. The Morgan fingerprint density at radius 3 is 2.72 bits per heavy atom. The molecule has 134 valence electrons. The first kappa shape index (κ1) is 17.9. The SMILES string of the molecule is CCc1nnc(CN2CCCN(C(=O)c3ccc(C)c(Cl)c3)CC2)o1. The van der Waals surface area contributed by atoms with Crippen molar-refractivity contribution in [2.24, 2.45) is 0 Å². The summed E-state index contributed by atoms with van der Waals surface area (Å²) in [7, 11) is 0. The maximum Gasteiger partial charge on any atom is 0.253 e. The monoisotopic (exact) mass is 362 g/mol. The van der Waals surface area contributed by atoms with Crippen LogP contribution in [0.15, 0.2) is 22.6 Å². The van der Waals surface area contributed by atoms with Crippen molar-refractivity contribution in [3.05, 3.63) is 46.1 Å². The number of nitrogens with zero attached hydrogens (tertiary/aromatic N) is 4. The molecule has 0 bridgehead atoms. The molecule has 2 aromatic rings. The molecule has 0 radical (unpaired) electrons. The minimum atomic E-state index is 0.0369. The molecule has 2 heterocycles. The van der Waals surface area contributed by atoms with Crippen LogP contribution in [0, 0.1) is 6.92 Å². The van der Waals surface area contributed by atoms with Crippen molar-refractivity contribution in [3.8, 4) is 0 Å². The molecule has 25 heavy (non-hydrogen) atoms. The van der Waals surface area contributed by atoms with E-state index >= 15 is 0 Å². The van der Waals surface area contributed by atoms with Gasteiger partial charge in [0.05, 0.1) is 6.54 Å². The van der Waals surface area contributed by atoms with E-state index in [4.69, 9.17) is 16.0 Å². The highest BCUT2D eigenvalue weighted by molar-refractivity contribution is 6.31. The van der Waals surface area contributed by atoms with E-state index in [-0.39, 0.29) is 5.91 Å². The summed E-state index contributed by atoms with van der Waals surface area (Å²) in [4.78, 5) is 16.9. The van der Waals surface area contributed by atoms with Crippen LogP contribution in [0.2, 0.25) is 5.02 Å². The molecule has 1 aliphatic heterocycles. The summed E-state index contributed by atoms with van der Waals surface area (Å²) in [6.45, 7) is 7.67. The average Bonchev–Trinajstić information content (AvgIpc) is 2.94. The summed E-state index contributed by atoms with van der Waals surface area (Å²) >= 11 is 6.15. The van der Waals surface area contributed by atoms with E-state index in [1.807, 2.05) is 30.9 Å². The van der Waals surface area contributed by atoms with Gasteiger partial charge in [-0.05, 0) is 31.0 Å². The van der Waals surface area contributed by atoms with E-state index in [1.165, 1.54) is 0 Å². The van der Waals surface area contributed by atoms with Crippen LogP contribution in [0.4, 0.5) is 0 Å². The zero-order valence-corrected chi connectivity index (χ0v) is 15.4. The number of hydrogen-bond donors (Lipinski definition) is 0. The molecule has 1 fully saturated rings. The molecule has 7 heteroatoms. The molecule has 1 aromatic carbocycles. The molecule has 1 saturated heterocycles. The Morgan fingerprint density at radius 1 is 1.20 bits per heavy atom. The average molecular weight is 363 g/mol. The van der Waals surface area contributed by atoms with Crippen molar-refractivity contribution in [2.45, 2.75) is 33.2 Å². The van der Waals surface area contributed by atoms with Crippen LogP contribution in [0.25, 0.3) is 0 Å². The van der Waals surface area contributed by atoms with Crippen LogP contribution in [0.5, 0.6) is 0 Å². The Balaban J connectivity index is 1.60. The topological polar surface area (TPSA) is 62.5 Å². The van der Waals surface area contributed by atoms with Crippen LogP contribution in [0.1, 0.15) is 41.0 Å². The number of benzene rings is 1. The first-order valence-corrected chi connectivity index (χ1v) is 9.03. The van der Waals surface area contributed by atoms with E-state index in [9.17, 15) is 4.79 Å². The van der Waals surface area contributed by atoms with Gasteiger partial charge in [-0.2, -0.15) is 0 Å². The van der Waals surface area contributed by atoms with Crippen molar-refractivity contribution in [1.29, 1.82) is 0 Å². The Morgan fingerprint density at radius 2 is 2.00 bits per heavy atom. The molecular weight excluding hydrogens is 340 g/mol. The van der Waals surface area contributed by atoms with E-state index < -0.39 is 0 Å². The van der Waals surface area contributed by atoms with Gasteiger partial charge in [-0.1, -0.05) is 24.6 Å². The van der Waals surface area contributed by atoms with E-state index in [0.29, 0.717) is 35.5 Å². The molecule has 0 atom stereocenters. The zero-order valence-electron chi connectivity index (χ0n) is 14.7. The number of carbonyl (C=O) groups excluding carboxylic acids is 1. The number of halogens is 1. The van der Waals surface area contributed by atoms with Crippen LogP contribution < -0.4 is 0 Å². The molecule has 1 aromatic heterocycles. The molecule has 1 aliphatic rings. The second-order valence-electron chi connectivity index (χ2n) is 6.33. The quantitative estimate of drug-likeness (QED) is 0.836. The van der Waals surface area contributed by atoms with Gasteiger partial charge in [-0.3, -0.25) is 9.69 Å². The predicted molar refractivity (Wildman–Crippen MR) is 95.7 cm³/mol. The lowest BCUT2D eigenvalue weighted by atomic mass is 10.1. The number of amides is 1. The van der Waals surface area contributed by atoms with Crippen molar-refractivity contribution in [2.75, 3.05) is 26.2 Å². The van der Waals surface area contributed by atoms with Crippen LogP contribution in [0.3, 0.4) is 0 Å². The molecule has 1 amide bonds. The van der Waals surface area contributed by atoms with Gasteiger partial charge in [0, 0.05) is 43.2 Å². The van der Waals surface area contributed by atoms with Gasteiger partial charge in [0.25, 0.3) is 5.91 Å². The lowest BCUT2D eigenvalue weighted by Crippen LogP contribution is -2.35. The van der Waals surface area contributed by atoms with Crippen molar-refractivity contribution in [3.63, 3.8) is 0 Å². The van der Waals surface area contributed by atoms with Crippen molar-refractivity contribution < 1.29 is 9.21 Å². The Kier molecular flexibility index (Phi) is 5.71. The third kappa shape index (κ3) is 4.38. The number of rotatable bonds is 4. The molecule has 3 rings (SSSR count). The van der Waals surface area contributed by atoms with Crippen LogP contribution in [-0.2, 0) is 13.0 Å². The molecule has 0 unspecified atom stereocenters. The van der Waals surface area contributed by atoms with Crippen molar-refractivity contribution in [1.82, 2.24) is 20.0 Å². The fourth-order valence-electron chi connectivity index (χ4n) is 2.93. The highest BCUT2D eigenvalue weighted by Gasteiger charge is 2.21. The summed E-state index contributed by atoms with van der Waals surface area (Å²) in [6.07, 6.45) is 1.66. The van der Waals surface area contributed by atoms with Gasteiger partial charge in [-0.15, -0.1) is 10.2 Å². The second kappa shape index (κ2) is 7.97. The molecule has 0 N–H and O–H groups in total. The standard InChI is InChI=1S/C18H23ClN4O2/c1-3-16-20-21-17(25-16)12-22-7-4-8-23(10-9-22)18(24)14-6-5-13(2)15(19)11-14/h5-6,11H,3-4,7-10,12H2,1-2H3. The molecule has 0 spiro atoms. The highest BCUT2D eigenvalue weighted by Crippen LogP contribution is 2.19. The molecular formula is C18H23ClN4O2. The predicted octanol–water partition coefficient (Wildman–Crippen LogP) is 2.94. The summed E-state index contributed by atoms with van der Waals surface area (Å²) in [6, 6.07) is 5.49. The number of hydrogen-bond acceptors (Lipinski definition) is 5. The largest absolute Gasteiger partial charge is 0.424 e. The van der Waals surface area contributed by atoms with Gasteiger partial charge in [0.15, 0.2) is 0 Å². The minimum absolute atomic E-state index is 0.0369. The third-order valence-corrected chi connectivity index (χ3v) is 4.87. The minimum Gasteiger partial charge on any atom is -0.424 e. The maximum atomic E-state index is 12.7. The van der Waals surface area contributed by atoms with Crippen molar-refractivity contribution >= 4 is 17.5 Å². The number of aromatic nitrogens is 2. The zero-order chi connectivity index (χ0) is 17.8. The van der Waals surface area contributed by atoms with Gasteiger partial charge in [-0.25, -0.2) is 0 Å². The van der Waals surface area contributed by atoms with Gasteiger partial charge in [0.1, 0.15) is 0 Å². The van der Waals surface area contributed by atoms with E-state index in [1.54, 1.807) is 6.07 Å². The molecule has 0 saturated carbocycles. The maximum absolute atomic E-state index is 12.7. The molecule has 0 aliphatic carbocycles. The number of aryl methyl sites for hydroxylation is 2. The molecule has 6 nitrogen and oxygen atoms in total. The van der Waals surface area contributed by atoms with Crippen LogP contribution in [-0.4, -0.2) is 52.1 Å². The summed E-state index contributed by atoms with van der Waals surface area (Å²) in [5, 5.41) is 8.71. The van der Waals surface area contributed by atoms with Crippen LogP contribution >= 0.6 is 11.6 Å². The van der Waals surface area contributed by atoms with Gasteiger partial charge < -0.3 is 9.32 Å². The fraction of sp³-hybridized carbons (Fsp3) is 0.500. The third-order valence-electron chi connectivity index (χ3n) is 4.46.